The van der Waals surface area contributed by atoms with E-state index >= 15 is 0 Å². The minimum Gasteiger partial charge on any atom is -0.397 e. The fourth-order valence-corrected chi connectivity index (χ4v) is 2.27. The molecule has 0 unspecified atom stereocenters. The lowest BCUT2D eigenvalue weighted by Crippen LogP contribution is -2.29. The van der Waals surface area contributed by atoms with Gasteiger partial charge < -0.3 is 5.73 Å². The third-order valence-electron chi connectivity index (χ3n) is 2.49. The number of carbonyl (C=O) groups excluding carboxylic acids is 1. The summed E-state index contributed by atoms with van der Waals surface area (Å²) in [5.41, 5.74) is 9.98. The van der Waals surface area contributed by atoms with E-state index in [1.54, 1.807) is 30.1 Å². The molecule has 5 N–H and O–H groups in total. The molecule has 6 heteroatoms. The van der Waals surface area contributed by atoms with Crippen molar-refractivity contribution in [3.8, 4) is 0 Å². The highest BCUT2D eigenvalue weighted by Crippen LogP contribution is 2.21. The maximum absolute atomic E-state index is 11.3. The van der Waals surface area contributed by atoms with Crippen LogP contribution in [0.3, 0.4) is 0 Å². The SMILES string of the molecule is NNC(=O)c1ccc(CSc2ccc(N)cn2)cc1. The Balaban J connectivity index is 1.96. The van der Waals surface area contributed by atoms with Gasteiger partial charge in [0.05, 0.1) is 16.9 Å². The lowest BCUT2D eigenvalue weighted by Gasteiger charge is -2.03. The van der Waals surface area contributed by atoms with Crippen LogP contribution in [0, 0.1) is 0 Å². The average Bonchev–Trinajstić information content (AvgIpc) is 2.46. The monoisotopic (exact) mass is 274 g/mol. The molecule has 1 heterocycles. The molecule has 0 aliphatic heterocycles. The molecular formula is C13H14N4OS. The van der Waals surface area contributed by atoms with Gasteiger partial charge in [0.1, 0.15) is 0 Å². The van der Waals surface area contributed by atoms with Crippen LogP contribution in [0.2, 0.25) is 0 Å². The molecule has 0 radical (unpaired) electrons. The van der Waals surface area contributed by atoms with Gasteiger partial charge in [0.15, 0.2) is 0 Å². The van der Waals surface area contributed by atoms with Gasteiger partial charge >= 0.3 is 0 Å². The highest BCUT2D eigenvalue weighted by atomic mass is 32.2. The standard InChI is InChI=1S/C13H14N4OS/c14-11-5-6-12(16-7-11)19-8-9-1-3-10(4-2-9)13(18)17-15/h1-7H,8,14-15H2,(H,17,18). The van der Waals surface area contributed by atoms with E-state index < -0.39 is 0 Å². The number of hydrogen-bond donors (Lipinski definition) is 3. The zero-order valence-electron chi connectivity index (χ0n) is 10.2. The summed E-state index contributed by atoms with van der Waals surface area (Å²) in [6.07, 6.45) is 1.64. The Labute approximate surface area is 115 Å². The first kappa shape index (κ1) is 13.4. The third kappa shape index (κ3) is 3.70. The summed E-state index contributed by atoms with van der Waals surface area (Å²) < 4.78 is 0. The number of hydrogen-bond acceptors (Lipinski definition) is 5. The van der Waals surface area contributed by atoms with Crippen LogP contribution in [0.4, 0.5) is 5.69 Å². The second kappa shape index (κ2) is 6.21. The molecule has 2 rings (SSSR count). The van der Waals surface area contributed by atoms with Crippen LogP contribution in [0.25, 0.3) is 0 Å². The van der Waals surface area contributed by atoms with Crippen molar-refractivity contribution in [1.82, 2.24) is 10.4 Å². The molecule has 0 aliphatic carbocycles. The number of amides is 1. The number of carbonyl (C=O) groups is 1. The minimum atomic E-state index is -0.292. The Morgan fingerprint density at radius 1 is 1.21 bits per heavy atom. The zero-order valence-corrected chi connectivity index (χ0v) is 11.0. The molecule has 1 aromatic heterocycles. The number of nitrogens with one attached hydrogen (secondary N) is 1. The molecule has 0 spiro atoms. The van der Waals surface area contributed by atoms with Gasteiger partial charge in [0, 0.05) is 11.3 Å². The first-order chi connectivity index (χ1) is 9.19. The van der Waals surface area contributed by atoms with Crippen molar-refractivity contribution in [3.63, 3.8) is 0 Å². The summed E-state index contributed by atoms with van der Waals surface area (Å²) in [5, 5.41) is 0.915. The van der Waals surface area contributed by atoms with E-state index in [1.807, 2.05) is 24.3 Å². The van der Waals surface area contributed by atoms with Crippen LogP contribution in [0.5, 0.6) is 0 Å². The number of hydrazine groups is 1. The van der Waals surface area contributed by atoms with E-state index in [9.17, 15) is 4.79 Å². The first-order valence-corrected chi connectivity index (χ1v) is 6.62. The summed E-state index contributed by atoms with van der Waals surface area (Å²) in [4.78, 5) is 15.5. The Hall–Kier alpha value is -2.05. The van der Waals surface area contributed by atoms with E-state index in [0.29, 0.717) is 11.3 Å². The lowest BCUT2D eigenvalue weighted by atomic mass is 10.1. The largest absolute Gasteiger partial charge is 0.397 e. The van der Waals surface area contributed by atoms with Crippen molar-refractivity contribution in [2.75, 3.05) is 5.73 Å². The summed E-state index contributed by atoms with van der Waals surface area (Å²) in [6.45, 7) is 0. The topological polar surface area (TPSA) is 94.0 Å². The predicted molar refractivity (Wildman–Crippen MR) is 76.3 cm³/mol. The molecule has 1 aromatic carbocycles. The van der Waals surface area contributed by atoms with Crippen LogP contribution in [-0.2, 0) is 5.75 Å². The molecule has 0 bridgehead atoms. The van der Waals surface area contributed by atoms with Crippen LogP contribution >= 0.6 is 11.8 Å². The number of benzene rings is 1. The van der Waals surface area contributed by atoms with Crippen molar-refractivity contribution < 1.29 is 4.79 Å². The van der Waals surface area contributed by atoms with Crippen molar-refractivity contribution in [2.45, 2.75) is 10.8 Å². The highest BCUT2D eigenvalue weighted by molar-refractivity contribution is 7.98. The molecule has 5 nitrogen and oxygen atoms in total. The van der Waals surface area contributed by atoms with Gasteiger partial charge in [0.25, 0.3) is 5.91 Å². The first-order valence-electron chi connectivity index (χ1n) is 5.63. The van der Waals surface area contributed by atoms with E-state index in [1.165, 1.54) is 0 Å². The molecule has 0 saturated carbocycles. The van der Waals surface area contributed by atoms with E-state index in [0.717, 1.165) is 16.3 Å². The quantitative estimate of drug-likeness (QED) is 0.340. The number of nitrogen functional groups attached to an aromatic ring is 2. The van der Waals surface area contributed by atoms with Gasteiger partial charge in [-0.3, -0.25) is 10.2 Å². The van der Waals surface area contributed by atoms with Crippen molar-refractivity contribution in [1.29, 1.82) is 0 Å². The fraction of sp³-hybridized carbons (Fsp3) is 0.0769. The summed E-state index contributed by atoms with van der Waals surface area (Å²) in [5.74, 6) is 5.55. The minimum absolute atomic E-state index is 0.292. The van der Waals surface area contributed by atoms with Crippen LogP contribution < -0.4 is 17.0 Å². The maximum atomic E-state index is 11.3. The van der Waals surface area contributed by atoms with Gasteiger partial charge in [-0.1, -0.05) is 12.1 Å². The van der Waals surface area contributed by atoms with Gasteiger partial charge in [-0.05, 0) is 29.8 Å². The molecular weight excluding hydrogens is 260 g/mol. The number of aromatic nitrogens is 1. The number of anilines is 1. The van der Waals surface area contributed by atoms with Crippen molar-refractivity contribution >= 4 is 23.4 Å². The molecule has 19 heavy (non-hydrogen) atoms. The molecule has 0 atom stereocenters. The lowest BCUT2D eigenvalue weighted by molar-refractivity contribution is 0.0953. The Bertz CT molecular complexity index is 554. The van der Waals surface area contributed by atoms with Crippen molar-refractivity contribution in [2.24, 2.45) is 5.84 Å². The number of nitrogens with zero attached hydrogens (tertiary/aromatic N) is 1. The Morgan fingerprint density at radius 3 is 2.53 bits per heavy atom. The summed E-state index contributed by atoms with van der Waals surface area (Å²) in [6, 6.07) is 11.0. The number of thioether (sulfide) groups is 1. The smallest absolute Gasteiger partial charge is 0.265 e. The maximum Gasteiger partial charge on any atom is 0.265 e. The van der Waals surface area contributed by atoms with E-state index in [4.69, 9.17) is 11.6 Å². The summed E-state index contributed by atoms with van der Waals surface area (Å²) >= 11 is 1.61. The van der Waals surface area contributed by atoms with Crippen LogP contribution in [0.15, 0.2) is 47.6 Å². The third-order valence-corrected chi connectivity index (χ3v) is 3.51. The second-order valence-electron chi connectivity index (χ2n) is 3.89. The normalized spacial score (nSPS) is 10.2. The van der Waals surface area contributed by atoms with E-state index in [-0.39, 0.29) is 5.91 Å². The zero-order chi connectivity index (χ0) is 13.7. The predicted octanol–water partition coefficient (Wildman–Crippen LogP) is 1.56. The number of rotatable bonds is 4. The van der Waals surface area contributed by atoms with Crippen LogP contribution in [-0.4, -0.2) is 10.9 Å². The molecule has 0 saturated heterocycles. The number of pyridine rings is 1. The second-order valence-corrected chi connectivity index (χ2v) is 4.88. The Morgan fingerprint density at radius 2 is 1.95 bits per heavy atom. The van der Waals surface area contributed by atoms with Gasteiger partial charge in [0.2, 0.25) is 0 Å². The summed E-state index contributed by atoms with van der Waals surface area (Å²) in [7, 11) is 0. The van der Waals surface area contributed by atoms with Crippen LogP contribution in [0.1, 0.15) is 15.9 Å². The average molecular weight is 274 g/mol. The highest BCUT2D eigenvalue weighted by Gasteiger charge is 2.03. The Kier molecular flexibility index (Phi) is 4.38. The molecule has 1 amide bonds. The number of nitrogens with two attached hydrogens (primary N) is 2. The molecule has 0 aliphatic rings. The van der Waals surface area contributed by atoms with E-state index in [2.05, 4.69) is 10.4 Å². The van der Waals surface area contributed by atoms with Gasteiger partial charge in [-0.15, -0.1) is 11.8 Å². The molecule has 0 fully saturated rings. The van der Waals surface area contributed by atoms with Gasteiger partial charge in [-0.2, -0.15) is 0 Å². The fourth-order valence-electron chi connectivity index (χ4n) is 1.47. The molecule has 98 valence electrons. The molecule has 2 aromatic rings. The van der Waals surface area contributed by atoms with Crippen molar-refractivity contribution in [3.05, 3.63) is 53.7 Å². The van der Waals surface area contributed by atoms with Gasteiger partial charge in [-0.25, -0.2) is 10.8 Å².